The van der Waals surface area contributed by atoms with E-state index in [2.05, 4.69) is 25.9 Å². The van der Waals surface area contributed by atoms with Crippen molar-refractivity contribution in [3.63, 3.8) is 0 Å². The number of hydrogen-bond donors (Lipinski definition) is 0. The van der Waals surface area contributed by atoms with E-state index in [9.17, 15) is 13.2 Å². The van der Waals surface area contributed by atoms with E-state index in [1.165, 1.54) is 4.90 Å². The molecule has 0 bridgehead atoms. The van der Waals surface area contributed by atoms with Crippen molar-refractivity contribution in [1.82, 2.24) is 9.97 Å². The van der Waals surface area contributed by atoms with Crippen LogP contribution in [-0.2, 0) is 6.18 Å². The molecule has 0 N–H and O–H groups in total. The molecule has 0 fully saturated rings. The molecule has 9 heteroatoms. The molecule has 158 valence electrons. The lowest BCUT2D eigenvalue weighted by Crippen LogP contribution is -2.21. The highest BCUT2D eigenvalue weighted by atomic mass is 79.9. The maximum Gasteiger partial charge on any atom is 0.421 e. The monoisotopic (exact) mass is 480 g/mol. The van der Waals surface area contributed by atoms with Crippen molar-refractivity contribution >= 4 is 39.1 Å². The molecule has 0 saturated carbocycles. The molecule has 2 aromatic carbocycles. The Bertz CT molecular complexity index is 995. The highest BCUT2D eigenvalue weighted by molar-refractivity contribution is 9.10. The van der Waals surface area contributed by atoms with E-state index in [1.807, 2.05) is 6.92 Å². The Hall–Kier alpha value is -2.81. The van der Waals surface area contributed by atoms with Gasteiger partial charge in [0.05, 0.1) is 6.61 Å². The van der Waals surface area contributed by atoms with Crippen LogP contribution in [0, 0.1) is 0 Å². The van der Waals surface area contributed by atoms with Crippen LogP contribution in [-0.4, -0.2) is 30.7 Å². The zero-order chi connectivity index (χ0) is 21.9. The minimum absolute atomic E-state index is 0.145. The van der Waals surface area contributed by atoms with Crippen LogP contribution in [0.4, 0.5) is 36.3 Å². The quantitative estimate of drug-likeness (QED) is 0.420. The molecule has 0 atom stereocenters. The maximum absolute atomic E-state index is 13.6. The van der Waals surface area contributed by atoms with Crippen LogP contribution >= 0.6 is 15.9 Å². The Morgan fingerprint density at radius 2 is 1.50 bits per heavy atom. The number of anilines is 4. The van der Waals surface area contributed by atoms with E-state index in [-0.39, 0.29) is 11.8 Å². The predicted molar refractivity (Wildman–Crippen MR) is 115 cm³/mol. The second-order valence-electron chi connectivity index (χ2n) is 6.43. The zero-order valence-electron chi connectivity index (χ0n) is 16.6. The first kappa shape index (κ1) is 21.9. The van der Waals surface area contributed by atoms with Crippen molar-refractivity contribution in [2.24, 2.45) is 0 Å². The van der Waals surface area contributed by atoms with Gasteiger partial charge in [-0.3, -0.25) is 0 Å². The van der Waals surface area contributed by atoms with E-state index in [0.29, 0.717) is 18.0 Å². The second kappa shape index (κ2) is 8.91. The molecule has 0 radical (unpaired) electrons. The minimum Gasteiger partial charge on any atom is -0.494 e. The Labute approximate surface area is 181 Å². The summed E-state index contributed by atoms with van der Waals surface area (Å²) in [7, 11) is 3.24. The Balaban J connectivity index is 2.00. The lowest BCUT2D eigenvalue weighted by atomic mass is 10.2. The first-order chi connectivity index (χ1) is 14.2. The van der Waals surface area contributed by atoms with E-state index >= 15 is 0 Å². The van der Waals surface area contributed by atoms with Crippen molar-refractivity contribution in [3.05, 3.63) is 64.8 Å². The van der Waals surface area contributed by atoms with Crippen molar-refractivity contribution in [1.29, 1.82) is 0 Å². The molecule has 0 unspecified atom stereocenters. The third-order valence-corrected chi connectivity index (χ3v) is 4.96. The summed E-state index contributed by atoms with van der Waals surface area (Å²) >= 11 is 3.33. The van der Waals surface area contributed by atoms with Gasteiger partial charge in [0.25, 0.3) is 0 Å². The molecule has 30 heavy (non-hydrogen) atoms. The number of aromatic nitrogens is 2. The number of rotatable bonds is 6. The summed E-state index contributed by atoms with van der Waals surface area (Å²) in [5, 5.41) is 0. The summed E-state index contributed by atoms with van der Waals surface area (Å²) in [6.07, 6.45) is -3.77. The summed E-state index contributed by atoms with van der Waals surface area (Å²) in [6.45, 7) is 2.43. The van der Waals surface area contributed by atoms with Crippen LogP contribution in [0.1, 0.15) is 12.5 Å². The molecule has 1 heterocycles. The largest absolute Gasteiger partial charge is 0.494 e. The minimum atomic E-state index is -4.59. The van der Waals surface area contributed by atoms with Crippen LogP contribution in [0.2, 0.25) is 0 Å². The summed E-state index contributed by atoms with van der Waals surface area (Å²) in [6, 6.07) is 14.1. The van der Waals surface area contributed by atoms with Gasteiger partial charge in [0.2, 0.25) is 5.95 Å². The highest BCUT2D eigenvalue weighted by Crippen LogP contribution is 2.38. The Kier molecular flexibility index (Phi) is 6.50. The smallest absolute Gasteiger partial charge is 0.421 e. The van der Waals surface area contributed by atoms with Gasteiger partial charge in [0.15, 0.2) is 5.82 Å². The molecule has 3 aromatic rings. The fourth-order valence-electron chi connectivity index (χ4n) is 2.82. The standard InChI is InChI=1S/C21H20BrF3N4O/c1-4-30-17-11-9-16(10-12-17)29(3)20-26-13-18(21(23,24)25)19(27-20)28(2)15-7-5-14(22)6-8-15/h5-13H,4H2,1-3H3. The number of benzene rings is 2. The van der Waals surface area contributed by atoms with Crippen LogP contribution < -0.4 is 14.5 Å². The van der Waals surface area contributed by atoms with Crippen LogP contribution in [0.25, 0.3) is 0 Å². The van der Waals surface area contributed by atoms with Gasteiger partial charge >= 0.3 is 6.18 Å². The van der Waals surface area contributed by atoms with Crippen molar-refractivity contribution < 1.29 is 17.9 Å². The van der Waals surface area contributed by atoms with Crippen molar-refractivity contribution in [3.8, 4) is 5.75 Å². The second-order valence-corrected chi connectivity index (χ2v) is 7.34. The molecule has 5 nitrogen and oxygen atoms in total. The van der Waals surface area contributed by atoms with Crippen LogP contribution in [0.5, 0.6) is 5.75 Å². The van der Waals surface area contributed by atoms with Gasteiger partial charge in [-0.25, -0.2) is 4.98 Å². The lowest BCUT2D eigenvalue weighted by Gasteiger charge is -2.25. The maximum atomic E-state index is 13.6. The molecule has 0 saturated heterocycles. The van der Waals surface area contributed by atoms with E-state index in [4.69, 9.17) is 4.74 Å². The molecule has 0 aliphatic heterocycles. The summed E-state index contributed by atoms with van der Waals surface area (Å²) in [4.78, 5) is 11.2. The summed E-state index contributed by atoms with van der Waals surface area (Å²) in [5.41, 5.74) is 0.379. The fraction of sp³-hybridized carbons (Fsp3) is 0.238. The molecular weight excluding hydrogens is 461 g/mol. The van der Waals surface area contributed by atoms with Crippen LogP contribution in [0.3, 0.4) is 0 Å². The Morgan fingerprint density at radius 3 is 2.07 bits per heavy atom. The normalized spacial score (nSPS) is 11.3. The zero-order valence-corrected chi connectivity index (χ0v) is 18.2. The van der Waals surface area contributed by atoms with Gasteiger partial charge in [-0.2, -0.15) is 18.2 Å². The molecule has 0 aliphatic rings. The van der Waals surface area contributed by atoms with Crippen LogP contribution in [0.15, 0.2) is 59.2 Å². The number of nitrogens with zero attached hydrogens (tertiary/aromatic N) is 4. The molecule has 0 spiro atoms. The molecule has 1 aromatic heterocycles. The molecule has 3 rings (SSSR count). The van der Waals surface area contributed by atoms with Crippen molar-refractivity contribution in [2.75, 3.05) is 30.5 Å². The first-order valence-electron chi connectivity index (χ1n) is 9.11. The summed E-state index contributed by atoms with van der Waals surface area (Å²) < 4.78 is 47.1. The summed E-state index contributed by atoms with van der Waals surface area (Å²) in [5.74, 6) is 0.623. The molecular formula is C21H20BrF3N4O. The van der Waals surface area contributed by atoms with E-state index in [0.717, 1.165) is 16.4 Å². The van der Waals surface area contributed by atoms with Gasteiger partial charge in [-0.05, 0) is 55.5 Å². The van der Waals surface area contributed by atoms with Gasteiger partial charge in [-0.15, -0.1) is 0 Å². The predicted octanol–water partition coefficient (Wildman–Crippen LogP) is 6.19. The average Bonchev–Trinajstić information content (AvgIpc) is 2.73. The van der Waals surface area contributed by atoms with Gasteiger partial charge in [0, 0.05) is 36.1 Å². The third-order valence-electron chi connectivity index (χ3n) is 4.43. The first-order valence-corrected chi connectivity index (χ1v) is 9.90. The molecule has 0 amide bonds. The Morgan fingerprint density at radius 1 is 0.933 bits per heavy atom. The fourth-order valence-corrected chi connectivity index (χ4v) is 3.08. The van der Waals surface area contributed by atoms with Gasteiger partial charge in [-0.1, -0.05) is 15.9 Å². The SMILES string of the molecule is CCOc1ccc(N(C)c2ncc(C(F)(F)F)c(N(C)c3ccc(Br)cc3)n2)cc1. The van der Waals surface area contributed by atoms with E-state index in [1.54, 1.807) is 67.5 Å². The molecule has 0 aliphatic carbocycles. The lowest BCUT2D eigenvalue weighted by molar-refractivity contribution is -0.137. The van der Waals surface area contributed by atoms with E-state index < -0.39 is 11.7 Å². The average molecular weight is 481 g/mol. The topological polar surface area (TPSA) is 41.5 Å². The number of alkyl halides is 3. The number of hydrogen-bond acceptors (Lipinski definition) is 5. The van der Waals surface area contributed by atoms with Crippen molar-refractivity contribution in [2.45, 2.75) is 13.1 Å². The number of halogens is 4. The number of ether oxygens (including phenoxy) is 1. The van der Waals surface area contributed by atoms with Gasteiger partial charge < -0.3 is 14.5 Å². The highest BCUT2D eigenvalue weighted by Gasteiger charge is 2.37. The van der Waals surface area contributed by atoms with Gasteiger partial charge in [0.1, 0.15) is 11.3 Å². The third kappa shape index (κ3) is 4.84.